The molecule has 3 N–H and O–H groups in total. The molecule has 14 heavy (non-hydrogen) atoms. The van der Waals surface area contributed by atoms with Crippen molar-refractivity contribution in [1.29, 1.82) is 0 Å². The number of benzene rings is 1. The molecule has 0 bridgehead atoms. The van der Waals surface area contributed by atoms with Gasteiger partial charge in [-0.25, -0.2) is 4.39 Å². The minimum atomic E-state index is -0.861. The highest BCUT2D eigenvalue weighted by atomic mass is 35.5. The van der Waals surface area contributed by atoms with Crippen molar-refractivity contribution in [3.8, 4) is 0 Å². The van der Waals surface area contributed by atoms with E-state index in [9.17, 15) is 9.50 Å². The second-order valence-electron chi connectivity index (χ2n) is 3.90. The van der Waals surface area contributed by atoms with Crippen molar-refractivity contribution in [3.63, 3.8) is 0 Å². The normalized spacial score (nSPS) is 14.1. The van der Waals surface area contributed by atoms with E-state index in [1.54, 1.807) is 13.8 Å². The quantitative estimate of drug-likeness (QED) is 0.798. The van der Waals surface area contributed by atoms with Crippen LogP contribution < -0.4 is 5.73 Å². The van der Waals surface area contributed by atoms with Gasteiger partial charge in [0.1, 0.15) is 5.82 Å². The SMILES string of the molecule is CC(C)(N)C(O)c1ccc(F)c(Cl)c1. The molecule has 0 saturated carbocycles. The molecule has 0 heterocycles. The van der Waals surface area contributed by atoms with E-state index in [0.717, 1.165) is 0 Å². The molecular formula is C10H13ClFNO. The van der Waals surface area contributed by atoms with Gasteiger partial charge >= 0.3 is 0 Å². The lowest BCUT2D eigenvalue weighted by atomic mass is 9.92. The molecule has 0 aliphatic rings. The van der Waals surface area contributed by atoms with E-state index in [4.69, 9.17) is 17.3 Å². The van der Waals surface area contributed by atoms with Crippen LogP contribution in [0.5, 0.6) is 0 Å². The third-order valence-electron chi connectivity index (χ3n) is 1.96. The van der Waals surface area contributed by atoms with E-state index in [0.29, 0.717) is 5.56 Å². The average molecular weight is 218 g/mol. The first-order valence-electron chi connectivity index (χ1n) is 4.24. The van der Waals surface area contributed by atoms with Crippen LogP contribution in [0.1, 0.15) is 25.5 Å². The van der Waals surface area contributed by atoms with Crippen molar-refractivity contribution in [3.05, 3.63) is 34.6 Å². The van der Waals surface area contributed by atoms with E-state index in [2.05, 4.69) is 0 Å². The second-order valence-corrected chi connectivity index (χ2v) is 4.30. The summed E-state index contributed by atoms with van der Waals surface area (Å²) in [5.74, 6) is -0.502. The van der Waals surface area contributed by atoms with Crippen LogP contribution in [0.15, 0.2) is 18.2 Å². The molecule has 0 fully saturated rings. The van der Waals surface area contributed by atoms with Gasteiger partial charge in [-0.3, -0.25) is 0 Å². The highest BCUT2D eigenvalue weighted by molar-refractivity contribution is 6.30. The molecule has 1 aromatic rings. The minimum absolute atomic E-state index is 0.00852. The minimum Gasteiger partial charge on any atom is -0.387 e. The van der Waals surface area contributed by atoms with E-state index in [1.807, 2.05) is 0 Å². The summed E-state index contributed by atoms with van der Waals surface area (Å²) < 4.78 is 12.8. The fraction of sp³-hybridized carbons (Fsp3) is 0.400. The summed E-state index contributed by atoms with van der Waals surface area (Å²) in [4.78, 5) is 0. The summed E-state index contributed by atoms with van der Waals surface area (Å²) in [6.45, 7) is 3.38. The fourth-order valence-corrected chi connectivity index (χ4v) is 1.30. The lowest BCUT2D eigenvalue weighted by Crippen LogP contribution is -2.39. The largest absolute Gasteiger partial charge is 0.387 e. The zero-order chi connectivity index (χ0) is 10.9. The van der Waals surface area contributed by atoms with Crippen molar-refractivity contribution in [2.75, 3.05) is 0 Å². The summed E-state index contributed by atoms with van der Waals surface area (Å²) in [5.41, 5.74) is 5.45. The monoisotopic (exact) mass is 217 g/mol. The Morgan fingerprint density at radius 2 is 2.07 bits per heavy atom. The predicted octanol–water partition coefficient (Wildman–Crippen LogP) is 2.25. The number of aliphatic hydroxyl groups is 1. The molecule has 0 spiro atoms. The zero-order valence-electron chi connectivity index (χ0n) is 8.09. The van der Waals surface area contributed by atoms with Gasteiger partial charge in [-0.15, -0.1) is 0 Å². The molecule has 0 aliphatic carbocycles. The maximum Gasteiger partial charge on any atom is 0.141 e. The maximum absolute atomic E-state index is 12.8. The molecule has 1 atom stereocenters. The van der Waals surface area contributed by atoms with Crippen molar-refractivity contribution < 1.29 is 9.50 Å². The van der Waals surface area contributed by atoms with Gasteiger partial charge in [0.2, 0.25) is 0 Å². The molecule has 1 unspecified atom stereocenters. The molecule has 0 saturated heterocycles. The van der Waals surface area contributed by atoms with E-state index >= 15 is 0 Å². The summed E-state index contributed by atoms with van der Waals surface area (Å²) in [5, 5.41) is 9.76. The summed E-state index contributed by atoms with van der Waals surface area (Å²) in [6, 6.07) is 4.07. The Hall–Kier alpha value is -0.640. The Morgan fingerprint density at radius 3 is 2.50 bits per heavy atom. The maximum atomic E-state index is 12.8. The van der Waals surface area contributed by atoms with Crippen LogP contribution >= 0.6 is 11.6 Å². The Balaban J connectivity index is 3.03. The van der Waals surface area contributed by atoms with Gasteiger partial charge in [0.05, 0.1) is 11.1 Å². The Labute approximate surface area is 87.5 Å². The smallest absolute Gasteiger partial charge is 0.141 e. The summed E-state index contributed by atoms with van der Waals surface area (Å²) >= 11 is 5.58. The number of hydrogen-bond acceptors (Lipinski definition) is 2. The van der Waals surface area contributed by atoms with Crippen LogP contribution in [-0.4, -0.2) is 10.6 Å². The van der Waals surface area contributed by atoms with Crippen LogP contribution in [-0.2, 0) is 0 Å². The molecule has 1 rings (SSSR count). The highest BCUT2D eigenvalue weighted by Gasteiger charge is 2.24. The highest BCUT2D eigenvalue weighted by Crippen LogP contribution is 2.26. The Bertz CT molecular complexity index is 335. The molecule has 1 aromatic carbocycles. The topological polar surface area (TPSA) is 46.2 Å². The van der Waals surface area contributed by atoms with Gasteiger partial charge in [0, 0.05) is 5.54 Å². The number of nitrogens with two attached hydrogens (primary N) is 1. The Morgan fingerprint density at radius 1 is 1.50 bits per heavy atom. The molecule has 0 amide bonds. The van der Waals surface area contributed by atoms with Crippen LogP contribution in [0.25, 0.3) is 0 Å². The first kappa shape index (κ1) is 11.4. The van der Waals surface area contributed by atoms with Gasteiger partial charge in [-0.05, 0) is 31.5 Å². The number of aliphatic hydroxyl groups excluding tert-OH is 1. The Kier molecular flexibility index (Phi) is 3.14. The third-order valence-corrected chi connectivity index (χ3v) is 2.25. The molecular weight excluding hydrogens is 205 g/mol. The first-order valence-corrected chi connectivity index (χ1v) is 4.62. The van der Waals surface area contributed by atoms with Crippen LogP contribution in [0.2, 0.25) is 5.02 Å². The van der Waals surface area contributed by atoms with Gasteiger partial charge < -0.3 is 10.8 Å². The van der Waals surface area contributed by atoms with Crippen molar-refractivity contribution in [2.45, 2.75) is 25.5 Å². The molecule has 4 heteroatoms. The van der Waals surface area contributed by atoms with Crippen molar-refractivity contribution >= 4 is 11.6 Å². The lowest BCUT2D eigenvalue weighted by molar-refractivity contribution is 0.104. The standard InChI is InChI=1S/C10H13ClFNO/c1-10(2,13)9(14)6-3-4-8(12)7(11)5-6/h3-5,9,14H,13H2,1-2H3. The summed E-state index contributed by atoms with van der Waals surface area (Å²) in [7, 11) is 0. The number of rotatable bonds is 2. The van der Waals surface area contributed by atoms with E-state index in [-0.39, 0.29) is 5.02 Å². The molecule has 78 valence electrons. The number of hydrogen-bond donors (Lipinski definition) is 2. The first-order chi connectivity index (χ1) is 6.32. The van der Waals surface area contributed by atoms with Crippen molar-refractivity contribution in [2.24, 2.45) is 5.73 Å². The third kappa shape index (κ3) is 2.44. The van der Waals surface area contributed by atoms with Crippen LogP contribution in [0, 0.1) is 5.82 Å². The predicted molar refractivity (Wildman–Crippen MR) is 54.6 cm³/mol. The molecule has 0 aliphatic heterocycles. The van der Waals surface area contributed by atoms with E-state index in [1.165, 1.54) is 18.2 Å². The van der Waals surface area contributed by atoms with Gasteiger partial charge in [-0.1, -0.05) is 17.7 Å². The molecule has 0 aromatic heterocycles. The van der Waals surface area contributed by atoms with Crippen molar-refractivity contribution in [1.82, 2.24) is 0 Å². The average Bonchev–Trinajstić information content (AvgIpc) is 2.07. The van der Waals surface area contributed by atoms with Gasteiger partial charge in [0.15, 0.2) is 0 Å². The second kappa shape index (κ2) is 3.85. The van der Waals surface area contributed by atoms with Crippen LogP contribution in [0.4, 0.5) is 4.39 Å². The van der Waals surface area contributed by atoms with E-state index < -0.39 is 17.5 Å². The fourth-order valence-electron chi connectivity index (χ4n) is 1.11. The zero-order valence-corrected chi connectivity index (χ0v) is 8.85. The summed E-state index contributed by atoms with van der Waals surface area (Å²) in [6.07, 6.45) is -0.861. The lowest BCUT2D eigenvalue weighted by Gasteiger charge is -2.26. The van der Waals surface area contributed by atoms with Gasteiger partial charge in [0.25, 0.3) is 0 Å². The number of halogens is 2. The molecule has 0 radical (unpaired) electrons. The molecule has 2 nitrogen and oxygen atoms in total. The van der Waals surface area contributed by atoms with Gasteiger partial charge in [-0.2, -0.15) is 0 Å². The van der Waals surface area contributed by atoms with Crippen LogP contribution in [0.3, 0.4) is 0 Å².